The number of hydrogen-bond acceptors (Lipinski definition) is 6. The molecule has 0 radical (unpaired) electrons. The third kappa shape index (κ3) is 6.85. The molecular weight excluding hydrogens is 542 g/mol. The van der Waals surface area contributed by atoms with Crippen molar-refractivity contribution in [2.75, 3.05) is 22.8 Å². The molecule has 1 unspecified atom stereocenters. The Balaban J connectivity index is 1.22. The molecule has 0 saturated heterocycles. The summed E-state index contributed by atoms with van der Waals surface area (Å²) >= 11 is 0. The van der Waals surface area contributed by atoms with Gasteiger partial charge in [-0.1, -0.05) is 54.6 Å². The fraction of sp³-hybridized carbons (Fsp3) is 0.161. The van der Waals surface area contributed by atoms with Crippen molar-refractivity contribution >= 4 is 33.2 Å². The predicted octanol–water partition coefficient (Wildman–Crippen LogP) is 4.29. The van der Waals surface area contributed by atoms with E-state index in [0.29, 0.717) is 29.4 Å². The highest BCUT2D eigenvalue weighted by Crippen LogP contribution is 2.33. The molecule has 41 heavy (non-hydrogen) atoms. The normalized spacial score (nSPS) is 14.4. The van der Waals surface area contributed by atoms with Gasteiger partial charge in [0.25, 0.3) is 21.8 Å². The molecule has 1 atom stereocenters. The maximum atomic E-state index is 13.2. The number of benzene rings is 4. The van der Waals surface area contributed by atoms with Crippen LogP contribution in [0.4, 0.5) is 11.4 Å². The van der Waals surface area contributed by atoms with Crippen LogP contribution in [-0.4, -0.2) is 39.5 Å². The molecule has 2 amide bonds. The Morgan fingerprint density at radius 3 is 2.41 bits per heavy atom. The zero-order valence-corrected chi connectivity index (χ0v) is 23.1. The van der Waals surface area contributed by atoms with Crippen LogP contribution in [0, 0.1) is 6.92 Å². The molecule has 4 aromatic rings. The Kier molecular flexibility index (Phi) is 8.21. The summed E-state index contributed by atoms with van der Waals surface area (Å²) in [5, 5.41) is 2.86. The van der Waals surface area contributed by atoms with E-state index < -0.39 is 16.1 Å². The molecule has 10 heteroatoms. The summed E-state index contributed by atoms with van der Waals surface area (Å²) in [6.45, 7) is 1.91. The number of carbonyl (C=O) groups excluding carboxylic acids is 2. The highest BCUT2D eigenvalue weighted by molar-refractivity contribution is 7.92. The second kappa shape index (κ2) is 12.1. The van der Waals surface area contributed by atoms with Gasteiger partial charge in [0.15, 0.2) is 12.7 Å². The molecule has 0 aliphatic carbocycles. The average molecular weight is 572 g/mol. The number of para-hydroxylation sites is 2. The molecule has 9 nitrogen and oxygen atoms in total. The van der Waals surface area contributed by atoms with Gasteiger partial charge in [0.1, 0.15) is 11.5 Å². The van der Waals surface area contributed by atoms with Crippen LogP contribution >= 0.6 is 0 Å². The first-order valence-corrected chi connectivity index (χ1v) is 14.5. The monoisotopic (exact) mass is 571 g/mol. The van der Waals surface area contributed by atoms with Gasteiger partial charge in [-0.05, 0) is 66.6 Å². The highest BCUT2D eigenvalue weighted by atomic mass is 32.2. The molecule has 0 bridgehead atoms. The van der Waals surface area contributed by atoms with E-state index in [1.165, 1.54) is 29.2 Å². The van der Waals surface area contributed by atoms with Crippen molar-refractivity contribution in [3.05, 3.63) is 114 Å². The SMILES string of the molecule is Cc1cccc(NS(=O)(=O)c2ccc(OCC(=O)N3CC(C(=O)NCc4ccccc4)Oc4ccccc43)cc2)c1. The quantitative estimate of drug-likeness (QED) is 0.310. The first-order chi connectivity index (χ1) is 19.8. The van der Waals surface area contributed by atoms with Crippen LogP contribution in [0.2, 0.25) is 0 Å². The lowest BCUT2D eigenvalue weighted by Crippen LogP contribution is -2.51. The maximum absolute atomic E-state index is 13.2. The largest absolute Gasteiger partial charge is 0.484 e. The molecule has 0 spiro atoms. The summed E-state index contributed by atoms with van der Waals surface area (Å²) in [7, 11) is -3.80. The minimum atomic E-state index is -3.80. The van der Waals surface area contributed by atoms with Gasteiger partial charge in [0.05, 0.1) is 17.1 Å². The molecular formula is C31H29N3O6S. The molecule has 5 rings (SSSR count). The summed E-state index contributed by atoms with van der Waals surface area (Å²) in [4.78, 5) is 27.7. The first-order valence-electron chi connectivity index (χ1n) is 13.0. The van der Waals surface area contributed by atoms with E-state index in [0.717, 1.165) is 11.1 Å². The molecule has 0 aromatic heterocycles. The van der Waals surface area contributed by atoms with Crippen LogP contribution in [0.1, 0.15) is 11.1 Å². The number of hydrogen-bond donors (Lipinski definition) is 2. The van der Waals surface area contributed by atoms with Crippen LogP contribution in [0.5, 0.6) is 11.5 Å². The van der Waals surface area contributed by atoms with E-state index in [-0.39, 0.29) is 29.9 Å². The first kappa shape index (κ1) is 27.7. The van der Waals surface area contributed by atoms with Gasteiger partial charge in [0, 0.05) is 12.2 Å². The Morgan fingerprint density at radius 2 is 1.66 bits per heavy atom. The van der Waals surface area contributed by atoms with Gasteiger partial charge in [-0.2, -0.15) is 0 Å². The zero-order valence-electron chi connectivity index (χ0n) is 22.3. The van der Waals surface area contributed by atoms with E-state index in [1.54, 1.807) is 42.5 Å². The van der Waals surface area contributed by atoms with E-state index in [2.05, 4.69) is 10.0 Å². The third-order valence-electron chi connectivity index (χ3n) is 6.44. The molecule has 0 saturated carbocycles. The number of nitrogens with one attached hydrogen (secondary N) is 2. The van der Waals surface area contributed by atoms with Gasteiger partial charge >= 0.3 is 0 Å². The minimum absolute atomic E-state index is 0.0155. The van der Waals surface area contributed by atoms with Crippen molar-refractivity contribution in [1.29, 1.82) is 0 Å². The number of sulfonamides is 1. The van der Waals surface area contributed by atoms with Crippen LogP contribution in [0.3, 0.4) is 0 Å². The Labute approximate surface area is 238 Å². The number of amides is 2. The molecule has 1 heterocycles. The lowest BCUT2D eigenvalue weighted by molar-refractivity contribution is -0.128. The highest BCUT2D eigenvalue weighted by Gasteiger charge is 2.33. The Hall–Kier alpha value is -4.83. The van der Waals surface area contributed by atoms with Gasteiger partial charge < -0.3 is 19.7 Å². The summed E-state index contributed by atoms with van der Waals surface area (Å²) in [5.41, 5.74) is 2.88. The standard InChI is InChI=1S/C31H29N3O6S/c1-22-8-7-11-24(18-22)33-41(37,38)26-16-14-25(15-17-26)39-21-30(35)34-20-29(40-28-13-6-5-12-27(28)34)31(36)32-19-23-9-3-2-4-10-23/h2-18,29,33H,19-21H2,1H3,(H,32,36). The second-order valence-electron chi connectivity index (χ2n) is 9.52. The minimum Gasteiger partial charge on any atom is -0.484 e. The van der Waals surface area contributed by atoms with Crippen LogP contribution in [-0.2, 0) is 26.2 Å². The second-order valence-corrected chi connectivity index (χ2v) is 11.2. The van der Waals surface area contributed by atoms with E-state index in [9.17, 15) is 18.0 Å². The van der Waals surface area contributed by atoms with E-state index >= 15 is 0 Å². The number of ether oxygens (including phenoxy) is 2. The van der Waals surface area contributed by atoms with E-state index in [1.807, 2.05) is 43.3 Å². The van der Waals surface area contributed by atoms with Crippen molar-refractivity contribution in [1.82, 2.24) is 5.32 Å². The van der Waals surface area contributed by atoms with E-state index in [4.69, 9.17) is 9.47 Å². The smallest absolute Gasteiger partial charge is 0.265 e. The lowest BCUT2D eigenvalue weighted by Gasteiger charge is -2.34. The average Bonchev–Trinajstić information content (AvgIpc) is 2.98. The van der Waals surface area contributed by atoms with Crippen molar-refractivity contribution in [2.45, 2.75) is 24.5 Å². The number of rotatable bonds is 9. The number of aryl methyl sites for hydroxylation is 1. The summed E-state index contributed by atoms with van der Waals surface area (Å²) in [5.74, 6) is 0.0340. The predicted molar refractivity (Wildman–Crippen MR) is 155 cm³/mol. The molecule has 1 aliphatic heterocycles. The van der Waals surface area contributed by atoms with Crippen LogP contribution in [0.25, 0.3) is 0 Å². The number of anilines is 2. The van der Waals surface area contributed by atoms with Crippen molar-refractivity contribution in [2.24, 2.45) is 0 Å². The fourth-order valence-electron chi connectivity index (χ4n) is 4.37. The van der Waals surface area contributed by atoms with Gasteiger partial charge in [-0.3, -0.25) is 14.3 Å². The topological polar surface area (TPSA) is 114 Å². The number of nitrogens with zero attached hydrogens (tertiary/aromatic N) is 1. The summed E-state index contributed by atoms with van der Waals surface area (Å²) in [6.07, 6.45) is -0.900. The molecule has 2 N–H and O–H groups in total. The zero-order chi connectivity index (χ0) is 28.8. The van der Waals surface area contributed by atoms with Gasteiger partial charge in [-0.15, -0.1) is 0 Å². The summed E-state index contributed by atoms with van der Waals surface area (Å²) in [6, 6.07) is 29.4. The molecule has 4 aromatic carbocycles. The Morgan fingerprint density at radius 1 is 0.927 bits per heavy atom. The number of fused-ring (bicyclic) bond motifs is 1. The van der Waals surface area contributed by atoms with Crippen molar-refractivity contribution < 1.29 is 27.5 Å². The maximum Gasteiger partial charge on any atom is 0.265 e. The van der Waals surface area contributed by atoms with Crippen molar-refractivity contribution in [3.63, 3.8) is 0 Å². The fourth-order valence-corrected chi connectivity index (χ4v) is 5.42. The summed E-state index contributed by atoms with van der Waals surface area (Å²) < 4.78 is 39.7. The third-order valence-corrected chi connectivity index (χ3v) is 7.84. The van der Waals surface area contributed by atoms with Crippen LogP contribution in [0.15, 0.2) is 108 Å². The number of carbonyl (C=O) groups is 2. The molecule has 210 valence electrons. The van der Waals surface area contributed by atoms with Gasteiger partial charge in [-0.25, -0.2) is 8.42 Å². The van der Waals surface area contributed by atoms with Crippen LogP contribution < -0.4 is 24.4 Å². The Bertz CT molecular complexity index is 1640. The molecule has 1 aliphatic rings. The van der Waals surface area contributed by atoms with Gasteiger partial charge in [0.2, 0.25) is 0 Å². The molecule has 0 fully saturated rings. The lowest BCUT2D eigenvalue weighted by atomic mass is 10.1. The van der Waals surface area contributed by atoms with Crippen molar-refractivity contribution in [3.8, 4) is 11.5 Å².